The van der Waals surface area contributed by atoms with E-state index in [9.17, 15) is 8.78 Å². The highest BCUT2D eigenvalue weighted by Crippen LogP contribution is 2.29. The zero-order valence-electron chi connectivity index (χ0n) is 6.21. The number of alkyl halides is 2. The number of hydrazone groups is 1. The minimum Gasteiger partial charge on any atom is -0.287 e. The van der Waals surface area contributed by atoms with Gasteiger partial charge in [-0.25, -0.2) is 0 Å². The summed E-state index contributed by atoms with van der Waals surface area (Å²) in [5.74, 6) is 0. The molecule has 0 saturated heterocycles. The van der Waals surface area contributed by atoms with Crippen LogP contribution in [0.5, 0.6) is 0 Å². The van der Waals surface area contributed by atoms with Crippen LogP contribution >= 0.6 is 23.4 Å². The third-order valence-electron chi connectivity index (χ3n) is 1.19. The molecule has 0 fully saturated rings. The van der Waals surface area contributed by atoms with Gasteiger partial charge in [-0.3, -0.25) is 9.75 Å². The Hall–Kier alpha value is -0.0700. The van der Waals surface area contributed by atoms with E-state index in [2.05, 4.69) is 9.84 Å². The quantitative estimate of drug-likeness (QED) is 0.722. The minimum atomic E-state index is -2.80. The number of halogens is 3. The van der Waals surface area contributed by atoms with Crippen LogP contribution in [0.3, 0.4) is 0 Å². The fourth-order valence-corrected chi connectivity index (χ4v) is 1.82. The highest BCUT2D eigenvalue weighted by Gasteiger charge is 2.28. The molecule has 12 heavy (non-hydrogen) atoms. The third-order valence-corrected chi connectivity index (χ3v) is 2.37. The molecule has 1 aliphatic rings. The average Bonchev–Trinajstić information content (AvgIpc) is 2.29. The van der Waals surface area contributed by atoms with Crippen LogP contribution in [0.1, 0.15) is 6.92 Å². The maximum atomic E-state index is 11.8. The van der Waals surface area contributed by atoms with Crippen molar-refractivity contribution in [1.82, 2.24) is 5.01 Å². The van der Waals surface area contributed by atoms with E-state index in [1.807, 2.05) is 0 Å². The Bertz CT molecular complexity index is 192. The van der Waals surface area contributed by atoms with Crippen LogP contribution < -0.4 is 0 Å². The first-order valence-corrected chi connectivity index (χ1v) is 4.50. The summed E-state index contributed by atoms with van der Waals surface area (Å²) in [7, 11) is 0. The summed E-state index contributed by atoms with van der Waals surface area (Å²) in [4.78, 5) is 0. The van der Waals surface area contributed by atoms with E-state index in [1.165, 1.54) is 5.01 Å². The van der Waals surface area contributed by atoms with Gasteiger partial charge in [0.1, 0.15) is 0 Å². The van der Waals surface area contributed by atoms with E-state index < -0.39 is 12.2 Å². The molecule has 0 aromatic heterocycles. The number of nitrogens with zero attached hydrogens (tertiary/aromatic N) is 2. The van der Waals surface area contributed by atoms with Gasteiger partial charge in [0, 0.05) is 6.54 Å². The molecule has 0 saturated carbocycles. The molecule has 1 atom stereocenters. The smallest absolute Gasteiger partial charge is 0.287 e. The second-order valence-corrected chi connectivity index (χ2v) is 3.54. The summed E-state index contributed by atoms with van der Waals surface area (Å²) in [5, 5.41) is 5.12. The first kappa shape index (κ1) is 10.0. The van der Waals surface area contributed by atoms with Gasteiger partial charge >= 0.3 is 6.61 Å². The Balaban J connectivity index is 2.46. The van der Waals surface area contributed by atoms with Crippen molar-refractivity contribution >= 4 is 27.9 Å². The Labute approximate surface area is 77.7 Å². The van der Waals surface area contributed by atoms with Gasteiger partial charge in [-0.1, -0.05) is 11.6 Å². The van der Waals surface area contributed by atoms with E-state index in [-0.39, 0.29) is 4.50 Å². The van der Waals surface area contributed by atoms with Crippen LogP contribution in [0.25, 0.3) is 0 Å². The number of thioether (sulfide) groups is 1. The monoisotopic (exact) mass is 216 g/mol. The fraction of sp³-hybridized carbons (Fsp3) is 0.800. The lowest BCUT2D eigenvalue weighted by molar-refractivity contribution is -0.170. The van der Waals surface area contributed by atoms with E-state index >= 15 is 0 Å². The van der Waals surface area contributed by atoms with Gasteiger partial charge < -0.3 is 0 Å². The van der Waals surface area contributed by atoms with Crippen LogP contribution in [0.15, 0.2) is 5.10 Å². The molecule has 0 aromatic carbocycles. The molecule has 1 aliphatic heterocycles. The molecule has 7 heteroatoms. The van der Waals surface area contributed by atoms with Crippen molar-refractivity contribution in [2.45, 2.75) is 19.1 Å². The van der Waals surface area contributed by atoms with E-state index in [1.54, 1.807) is 6.92 Å². The Morgan fingerprint density at radius 1 is 1.83 bits per heavy atom. The number of hydrogen-bond acceptors (Lipinski definition) is 4. The van der Waals surface area contributed by atoms with Crippen molar-refractivity contribution in [3.8, 4) is 0 Å². The van der Waals surface area contributed by atoms with Gasteiger partial charge in [-0.2, -0.15) is 13.9 Å². The lowest BCUT2D eigenvalue weighted by Gasteiger charge is -2.19. The normalized spacial score (nSPS) is 23.6. The Morgan fingerprint density at radius 3 is 3.00 bits per heavy atom. The molecule has 3 nitrogen and oxygen atoms in total. The van der Waals surface area contributed by atoms with Crippen molar-refractivity contribution < 1.29 is 13.5 Å². The van der Waals surface area contributed by atoms with Crippen LogP contribution in [0.2, 0.25) is 0 Å². The molecule has 1 heterocycles. The minimum absolute atomic E-state index is 0.225. The lowest BCUT2D eigenvalue weighted by Crippen LogP contribution is -2.28. The van der Waals surface area contributed by atoms with Gasteiger partial charge in [-0.05, 0) is 18.7 Å². The van der Waals surface area contributed by atoms with Crippen molar-refractivity contribution in [2.24, 2.45) is 5.10 Å². The van der Waals surface area contributed by atoms with Crippen LogP contribution in [0, 0.1) is 0 Å². The van der Waals surface area contributed by atoms with Gasteiger partial charge in [0.2, 0.25) is 5.56 Å². The predicted octanol–water partition coefficient (Wildman–Crippen LogP) is 2.09. The summed E-state index contributed by atoms with van der Waals surface area (Å²) in [6.45, 7) is -0.531. The molecule has 0 amide bonds. The van der Waals surface area contributed by atoms with E-state index in [0.29, 0.717) is 6.54 Å². The average molecular weight is 217 g/mol. The number of hydrogen-bond donors (Lipinski definition) is 0. The maximum Gasteiger partial charge on any atom is 0.347 e. The highest BCUT2D eigenvalue weighted by molar-refractivity contribution is 8.17. The van der Waals surface area contributed by atoms with Crippen LogP contribution in [-0.4, -0.2) is 28.2 Å². The zero-order chi connectivity index (χ0) is 9.14. The van der Waals surface area contributed by atoms with E-state index in [4.69, 9.17) is 11.6 Å². The SMILES string of the molecule is CCN1N=C(Cl)SC1OC(F)F. The summed E-state index contributed by atoms with van der Waals surface area (Å²) in [5.41, 5.74) is -0.789. The molecule has 0 bridgehead atoms. The summed E-state index contributed by atoms with van der Waals surface area (Å²) >= 11 is 6.48. The van der Waals surface area contributed by atoms with Gasteiger partial charge in [0.05, 0.1) is 0 Å². The number of rotatable bonds is 3. The largest absolute Gasteiger partial charge is 0.347 e. The van der Waals surface area contributed by atoms with Crippen LogP contribution in [0.4, 0.5) is 8.78 Å². The lowest BCUT2D eigenvalue weighted by atomic mass is 10.7. The van der Waals surface area contributed by atoms with Crippen LogP contribution in [-0.2, 0) is 4.74 Å². The van der Waals surface area contributed by atoms with Crippen molar-refractivity contribution in [3.05, 3.63) is 0 Å². The molecular formula is C5H7ClF2N2OS. The Morgan fingerprint density at radius 2 is 2.50 bits per heavy atom. The maximum absolute atomic E-state index is 11.8. The first-order chi connectivity index (χ1) is 5.63. The molecule has 0 radical (unpaired) electrons. The summed E-state index contributed by atoms with van der Waals surface area (Å²) in [6.07, 6.45) is 0. The van der Waals surface area contributed by atoms with Gasteiger partial charge in [0.15, 0.2) is 4.50 Å². The summed E-state index contributed by atoms with van der Waals surface area (Å²) < 4.78 is 28.0. The highest BCUT2D eigenvalue weighted by atomic mass is 35.5. The fourth-order valence-electron chi connectivity index (χ4n) is 0.722. The second-order valence-electron chi connectivity index (χ2n) is 1.93. The molecule has 0 spiro atoms. The van der Waals surface area contributed by atoms with Gasteiger partial charge in [-0.15, -0.1) is 0 Å². The predicted molar refractivity (Wildman–Crippen MR) is 44.1 cm³/mol. The van der Waals surface area contributed by atoms with Gasteiger partial charge in [0.25, 0.3) is 0 Å². The number of ether oxygens (including phenoxy) is 1. The molecule has 0 aromatic rings. The van der Waals surface area contributed by atoms with E-state index in [0.717, 1.165) is 11.8 Å². The first-order valence-electron chi connectivity index (χ1n) is 3.24. The summed E-state index contributed by atoms with van der Waals surface area (Å²) in [6, 6.07) is 0. The van der Waals surface area contributed by atoms with Crippen molar-refractivity contribution in [1.29, 1.82) is 0 Å². The third kappa shape index (κ3) is 2.46. The second kappa shape index (κ2) is 4.25. The van der Waals surface area contributed by atoms with Crippen molar-refractivity contribution in [2.75, 3.05) is 6.54 Å². The zero-order valence-corrected chi connectivity index (χ0v) is 7.78. The molecule has 1 rings (SSSR count). The molecule has 70 valence electrons. The molecule has 1 unspecified atom stereocenters. The molecular weight excluding hydrogens is 210 g/mol. The molecule has 0 aliphatic carbocycles. The van der Waals surface area contributed by atoms with Crippen molar-refractivity contribution in [3.63, 3.8) is 0 Å². The standard InChI is InChI=1S/C5H7ClF2N2OS/c1-2-10-5(11-4(7)8)12-3(6)9-10/h4-5H,2H2,1H3. The Kier molecular flexibility index (Phi) is 3.54. The molecule has 0 N–H and O–H groups in total. The topological polar surface area (TPSA) is 24.8 Å².